The van der Waals surface area contributed by atoms with Gasteiger partial charge in [0.25, 0.3) is 0 Å². The van der Waals surface area contributed by atoms with Crippen molar-refractivity contribution in [2.75, 3.05) is 12.4 Å². The molecule has 6 heteroatoms. The number of nitrogens with zero attached hydrogens (tertiary/aromatic N) is 2. The molecule has 0 bridgehead atoms. The van der Waals surface area contributed by atoms with Gasteiger partial charge >= 0.3 is 0 Å². The minimum Gasteiger partial charge on any atom is -0.496 e. The van der Waals surface area contributed by atoms with Gasteiger partial charge in [0.05, 0.1) is 19.3 Å². The molecular formula is C20H27IN4O. The number of aliphatic imine (C=N–C) groups is 1. The summed E-state index contributed by atoms with van der Waals surface area (Å²) in [5, 5.41) is 3.27. The van der Waals surface area contributed by atoms with E-state index in [0.29, 0.717) is 12.5 Å². The number of hydrogen-bond donors (Lipinski definition) is 2. The second-order valence-corrected chi connectivity index (χ2v) is 6.52. The van der Waals surface area contributed by atoms with Gasteiger partial charge in [-0.05, 0) is 56.7 Å². The highest BCUT2D eigenvalue weighted by atomic mass is 127. The van der Waals surface area contributed by atoms with E-state index in [1.54, 1.807) is 7.11 Å². The fourth-order valence-electron chi connectivity index (χ4n) is 3.47. The third-order valence-corrected chi connectivity index (χ3v) is 4.81. The predicted octanol–water partition coefficient (Wildman–Crippen LogP) is 4.13. The van der Waals surface area contributed by atoms with Crippen LogP contribution in [0.2, 0.25) is 0 Å². The first-order valence-electron chi connectivity index (χ1n) is 8.77. The van der Waals surface area contributed by atoms with Crippen LogP contribution in [-0.2, 0) is 19.4 Å². The molecule has 26 heavy (non-hydrogen) atoms. The van der Waals surface area contributed by atoms with Gasteiger partial charge in [0, 0.05) is 23.0 Å². The van der Waals surface area contributed by atoms with Gasteiger partial charge in [-0.15, -0.1) is 24.0 Å². The number of nitrogens with two attached hydrogens (primary N) is 1. The second-order valence-electron chi connectivity index (χ2n) is 6.52. The van der Waals surface area contributed by atoms with Crippen LogP contribution in [0.1, 0.15) is 40.8 Å². The number of pyridine rings is 1. The fourth-order valence-corrected chi connectivity index (χ4v) is 3.47. The van der Waals surface area contributed by atoms with Crippen LogP contribution < -0.4 is 15.8 Å². The zero-order valence-electron chi connectivity index (χ0n) is 15.6. The number of anilines is 1. The van der Waals surface area contributed by atoms with Gasteiger partial charge in [-0.3, -0.25) is 4.98 Å². The van der Waals surface area contributed by atoms with Crippen molar-refractivity contribution in [3.05, 3.63) is 52.3 Å². The number of halogens is 1. The SMILES string of the molecule is COc1c(C)cnc(CN=C(N)Nc2cccc3c2CCCC3)c1C.I. The molecule has 0 amide bonds. The molecule has 1 aromatic carbocycles. The Morgan fingerprint density at radius 1 is 1.27 bits per heavy atom. The maximum absolute atomic E-state index is 6.12. The lowest BCUT2D eigenvalue weighted by atomic mass is 9.90. The first-order chi connectivity index (χ1) is 12.1. The molecule has 1 heterocycles. The number of aromatic nitrogens is 1. The van der Waals surface area contributed by atoms with E-state index in [1.807, 2.05) is 20.0 Å². The van der Waals surface area contributed by atoms with Gasteiger partial charge in [-0.25, -0.2) is 4.99 Å². The number of fused-ring (bicyclic) bond motifs is 1. The summed E-state index contributed by atoms with van der Waals surface area (Å²) in [6, 6.07) is 6.36. The summed E-state index contributed by atoms with van der Waals surface area (Å²) in [6.45, 7) is 4.41. The largest absolute Gasteiger partial charge is 0.496 e. The van der Waals surface area contributed by atoms with E-state index in [4.69, 9.17) is 10.5 Å². The van der Waals surface area contributed by atoms with Crippen LogP contribution in [0.5, 0.6) is 5.75 Å². The lowest BCUT2D eigenvalue weighted by Crippen LogP contribution is -2.24. The molecule has 140 valence electrons. The Morgan fingerprint density at radius 2 is 2.04 bits per heavy atom. The van der Waals surface area contributed by atoms with Crippen molar-refractivity contribution in [2.45, 2.75) is 46.1 Å². The summed E-state index contributed by atoms with van der Waals surface area (Å²) in [5.41, 5.74) is 12.9. The number of guanidine groups is 1. The number of methoxy groups -OCH3 is 1. The highest BCUT2D eigenvalue weighted by Gasteiger charge is 2.13. The highest BCUT2D eigenvalue weighted by molar-refractivity contribution is 14.0. The third kappa shape index (κ3) is 4.47. The lowest BCUT2D eigenvalue weighted by Gasteiger charge is -2.19. The normalized spacial score (nSPS) is 13.6. The predicted molar refractivity (Wildman–Crippen MR) is 118 cm³/mol. The number of hydrogen-bond acceptors (Lipinski definition) is 3. The zero-order chi connectivity index (χ0) is 17.8. The van der Waals surface area contributed by atoms with E-state index in [1.165, 1.54) is 24.0 Å². The molecule has 3 rings (SSSR count). The second kappa shape index (κ2) is 9.21. The smallest absolute Gasteiger partial charge is 0.193 e. The summed E-state index contributed by atoms with van der Waals surface area (Å²) >= 11 is 0. The van der Waals surface area contributed by atoms with Crippen molar-refractivity contribution < 1.29 is 4.74 Å². The number of ether oxygens (including phenoxy) is 1. The fraction of sp³-hybridized carbons (Fsp3) is 0.400. The molecule has 1 aromatic heterocycles. The molecule has 1 aliphatic rings. The Morgan fingerprint density at radius 3 is 2.81 bits per heavy atom. The summed E-state index contributed by atoms with van der Waals surface area (Å²) < 4.78 is 5.45. The van der Waals surface area contributed by atoms with Gasteiger partial charge < -0.3 is 15.8 Å². The summed E-state index contributed by atoms with van der Waals surface area (Å²) in [4.78, 5) is 8.94. The van der Waals surface area contributed by atoms with Gasteiger partial charge in [0.1, 0.15) is 5.75 Å². The van der Waals surface area contributed by atoms with Crippen LogP contribution in [-0.4, -0.2) is 18.1 Å². The van der Waals surface area contributed by atoms with E-state index in [0.717, 1.165) is 41.1 Å². The molecule has 0 radical (unpaired) electrons. The number of aryl methyl sites for hydroxylation is 2. The number of benzene rings is 1. The molecule has 0 atom stereocenters. The van der Waals surface area contributed by atoms with Crippen molar-refractivity contribution in [1.82, 2.24) is 4.98 Å². The Balaban J connectivity index is 0.00000243. The molecule has 2 aromatic rings. The van der Waals surface area contributed by atoms with Crippen LogP contribution in [0, 0.1) is 13.8 Å². The Hall–Kier alpha value is -1.83. The van der Waals surface area contributed by atoms with Crippen LogP contribution in [0.3, 0.4) is 0 Å². The monoisotopic (exact) mass is 466 g/mol. The Bertz CT molecular complexity index is 805. The molecule has 3 N–H and O–H groups in total. The lowest BCUT2D eigenvalue weighted by molar-refractivity contribution is 0.407. The maximum atomic E-state index is 6.12. The van der Waals surface area contributed by atoms with Crippen LogP contribution in [0.4, 0.5) is 5.69 Å². The minimum atomic E-state index is 0. The van der Waals surface area contributed by atoms with Crippen molar-refractivity contribution in [3.8, 4) is 5.75 Å². The van der Waals surface area contributed by atoms with Crippen molar-refractivity contribution in [2.24, 2.45) is 10.7 Å². The van der Waals surface area contributed by atoms with Crippen LogP contribution in [0.25, 0.3) is 0 Å². The van der Waals surface area contributed by atoms with E-state index >= 15 is 0 Å². The molecule has 0 saturated carbocycles. The highest BCUT2D eigenvalue weighted by Crippen LogP contribution is 2.28. The molecule has 0 saturated heterocycles. The molecule has 0 fully saturated rings. The van der Waals surface area contributed by atoms with E-state index in [-0.39, 0.29) is 24.0 Å². The molecule has 1 aliphatic carbocycles. The van der Waals surface area contributed by atoms with Gasteiger partial charge in [0.15, 0.2) is 5.96 Å². The van der Waals surface area contributed by atoms with E-state index < -0.39 is 0 Å². The van der Waals surface area contributed by atoms with Crippen molar-refractivity contribution in [3.63, 3.8) is 0 Å². The zero-order valence-corrected chi connectivity index (χ0v) is 18.0. The van der Waals surface area contributed by atoms with Crippen molar-refractivity contribution in [1.29, 1.82) is 0 Å². The first kappa shape index (κ1) is 20.5. The maximum Gasteiger partial charge on any atom is 0.193 e. The summed E-state index contributed by atoms with van der Waals surface area (Å²) in [5.74, 6) is 1.28. The summed E-state index contributed by atoms with van der Waals surface area (Å²) in [6.07, 6.45) is 6.55. The van der Waals surface area contributed by atoms with Gasteiger partial charge in [-0.1, -0.05) is 12.1 Å². The van der Waals surface area contributed by atoms with Crippen LogP contribution >= 0.6 is 24.0 Å². The number of nitrogens with one attached hydrogen (secondary N) is 1. The Labute approximate surface area is 172 Å². The molecule has 0 spiro atoms. The quantitative estimate of drug-likeness (QED) is 0.404. The van der Waals surface area contributed by atoms with E-state index in [9.17, 15) is 0 Å². The molecule has 0 aliphatic heterocycles. The average molecular weight is 466 g/mol. The number of rotatable bonds is 4. The standard InChI is InChI=1S/C20H26N4O.HI/c1-13-11-22-18(14(2)19(13)25-3)12-23-20(21)24-17-10-6-8-15-7-4-5-9-16(15)17;/h6,8,10-11H,4-5,7,9,12H2,1-3H3,(H3,21,23,24);1H. The van der Waals surface area contributed by atoms with Crippen LogP contribution in [0.15, 0.2) is 29.4 Å². The topological polar surface area (TPSA) is 72.5 Å². The molecule has 5 nitrogen and oxygen atoms in total. The van der Waals surface area contributed by atoms with Gasteiger partial charge in [0.2, 0.25) is 0 Å². The summed E-state index contributed by atoms with van der Waals surface area (Å²) in [7, 11) is 1.68. The third-order valence-electron chi connectivity index (χ3n) is 4.81. The first-order valence-corrected chi connectivity index (χ1v) is 8.77. The van der Waals surface area contributed by atoms with Crippen molar-refractivity contribution >= 4 is 35.6 Å². The molecular weight excluding hydrogens is 439 g/mol. The Kier molecular flexibility index (Phi) is 7.25. The average Bonchev–Trinajstić information content (AvgIpc) is 2.62. The molecule has 0 unspecified atom stereocenters. The van der Waals surface area contributed by atoms with E-state index in [2.05, 4.69) is 33.5 Å². The minimum absolute atomic E-state index is 0. The van der Waals surface area contributed by atoms with Gasteiger partial charge in [-0.2, -0.15) is 0 Å².